The Bertz CT molecular complexity index is 795. The van der Waals surface area contributed by atoms with Gasteiger partial charge in [0.2, 0.25) is 11.9 Å². The number of amides is 1. The lowest BCUT2D eigenvalue weighted by Crippen LogP contribution is -2.13. The van der Waals surface area contributed by atoms with Gasteiger partial charge in [0, 0.05) is 24.1 Å². The number of halogens is 1. The lowest BCUT2D eigenvalue weighted by Gasteiger charge is -2.18. The summed E-state index contributed by atoms with van der Waals surface area (Å²) in [5.74, 6) is 1.69. The van der Waals surface area contributed by atoms with Gasteiger partial charge < -0.3 is 21.5 Å². The Hall–Kier alpha value is -2.54. The number of hydrogen-bond acceptors (Lipinski definition) is 6. The van der Waals surface area contributed by atoms with Gasteiger partial charge in [-0.2, -0.15) is 4.98 Å². The van der Waals surface area contributed by atoms with Crippen LogP contribution in [0.25, 0.3) is 0 Å². The van der Waals surface area contributed by atoms with E-state index in [1.54, 1.807) is 6.07 Å². The molecule has 0 atom stereocenters. The molecule has 1 heterocycles. The number of nitrogen functional groups attached to an aromatic ring is 2. The first-order chi connectivity index (χ1) is 12.3. The summed E-state index contributed by atoms with van der Waals surface area (Å²) >= 11 is 5.64. The van der Waals surface area contributed by atoms with Crippen molar-refractivity contribution in [2.75, 3.05) is 22.7 Å². The third-order valence-electron chi connectivity index (χ3n) is 3.81. The summed E-state index contributed by atoms with van der Waals surface area (Å²) in [6, 6.07) is 3.78. The molecule has 26 heavy (non-hydrogen) atoms. The van der Waals surface area contributed by atoms with Crippen LogP contribution in [0.4, 0.5) is 17.5 Å². The average Bonchev–Trinajstić information content (AvgIpc) is 2.57. The first-order valence-corrected chi connectivity index (χ1v) is 8.91. The Morgan fingerprint density at radius 1 is 1.31 bits per heavy atom. The van der Waals surface area contributed by atoms with Crippen molar-refractivity contribution in [1.29, 1.82) is 0 Å². The van der Waals surface area contributed by atoms with Crippen molar-refractivity contribution in [3.63, 3.8) is 0 Å². The van der Waals surface area contributed by atoms with Gasteiger partial charge in [0.15, 0.2) is 11.6 Å². The number of nitrogens with two attached hydrogens (primary N) is 2. The highest BCUT2D eigenvalue weighted by atomic mass is 35.5. The number of anilines is 3. The molecule has 1 aromatic carbocycles. The molecule has 0 aliphatic carbocycles. The summed E-state index contributed by atoms with van der Waals surface area (Å²) in [7, 11) is 0. The van der Waals surface area contributed by atoms with Gasteiger partial charge in [0.05, 0.1) is 6.20 Å². The summed E-state index contributed by atoms with van der Waals surface area (Å²) < 4.78 is 5.94. The molecular formula is C18H24ClN5O2. The predicted molar refractivity (Wildman–Crippen MR) is 105 cm³/mol. The molecule has 5 N–H and O–H groups in total. The fourth-order valence-electron chi connectivity index (χ4n) is 2.42. The van der Waals surface area contributed by atoms with Crippen LogP contribution < -0.4 is 21.5 Å². The SMILES string of the molecule is Cc1cc(C(C)C)c(Oc2cnc(N)nc2N)cc1NC(=O)CCCCl. The van der Waals surface area contributed by atoms with Gasteiger partial charge >= 0.3 is 0 Å². The molecule has 7 nitrogen and oxygen atoms in total. The van der Waals surface area contributed by atoms with Crippen LogP contribution in [0.2, 0.25) is 0 Å². The van der Waals surface area contributed by atoms with Crippen LogP contribution >= 0.6 is 11.6 Å². The molecule has 0 unspecified atom stereocenters. The molecule has 2 aromatic rings. The number of hydrogen-bond donors (Lipinski definition) is 3. The summed E-state index contributed by atoms with van der Waals surface area (Å²) in [4.78, 5) is 19.9. The quantitative estimate of drug-likeness (QED) is 0.631. The summed E-state index contributed by atoms with van der Waals surface area (Å²) in [5.41, 5.74) is 14.0. The maximum atomic E-state index is 12.0. The molecule has 140 valence electrons. The molecule has 0 spiro atoms. The van der Waals surface area contributed by atoms with Crippen LogP contribution in [0.15, 0.2) is 18.3 Å². The van der Waals surface area contributed by atoms with E-state index in [0.717, 1.165) is 11.1 Å². The third-order valence-corrected chi connectivity index (χ3v) is 4.08. The maximum Gasteiger partial charge on any atom is 0.224 e. The second kappa shape index (κ2) is 8.71. The Morgan fingerprint density at radius 3 is 2.65 bits per heavy atom. The molecular weight excluding hydrogens is 354 g/mol. The largest absolute Gasteiger partial charge is 0.451 e. The zero-order valence-electron chi connectivity index (χ0n) is 15.2. The van der Waals surface area contributed by atoms with Crippen molar-refractivity contribution in [2.24, 2.45) is 0 Å². The topological polar surface area (TPSA) is 116 Å². The molecule has 0 aliphatic heterocycles. The number of rotatable bonds is 7. The van der Waals surface area contributed by atoms with E-state index in [1.165, 1.54) is 6.20 Å². The molecule has 0 aliphatic rings. The highest BCUT2D eigenvalue weighted by Crippen LogP contribution is 2.36. The first kappa shape index (κ1) is 19.8. The van der Waals surface area contributed by atoms with Crippen LogP contribution in [0.3, 0.4) is 0 Å². The molecule has 1 aromatic heterocycles. The minimum atomic E-state index is -0.0904. The number of alkyl halides is 1. The van der Waals surface area contributed by atoms with E-state index < -0.39 is 0 Å². The van der Waals surface area contributed by atoms with Gasteiger partial charge in [-0.15, -0.1) is 11.6 Å². The van der Waals surface area contributed by atoms with Crippen LogP contribution in [0, 0.1) is 6.92 Å². The molecule has 0 fully saturated rings. The normalized spacial score (nSPS) is 10.8. The van der Waals surface area contributed by atoms with E-state index in [-0.39, 0.29) is 23.6 Å². The number of aromatic nitrogens is 2. The zero-order chi connectivity index (χ0) is 19.3. The minimum Gasteiger partial charge on any atom is -0.451 e. The fourth-order valence-corrected chi connectivity index (χ4v) is 2.55. The fraction of sp³-hybridized carbons (Fsp3) is 0.389. The van der Waals surface area contributed by atoms with Crippen LogP contribution in [0.5, 0.6) is 11.5 Å². The van der Waals surface area contributed by atoms with E-state index >= 15 is 0 Å². The number of carbonyl (C=O) groups excluding carboxylic acids is 1. The van der Waals surface area contributed by atoms with Crippen LogP contribution in [-0.2, 0) is 4.79 Å². The molecule has 8 heteroatoms. The summed E-state index contributed by atoms with van der Waals surface area (Å²) in [6.07, 6.45) is 2.42. The van der Waals surface area contributed by atoms with E-state index in [9.17, 15) is 4.79 Å². The Balaban J connectivity index is 2.35. The lowest BCUT2D eigenvalue weighted by molar-refractivity contribution is -0.116. The molecule has 0 saturated carbocycles. The number of ether oxygens (including phenoxy) is 1. The summed E-state index contributed by atoms with van der Waals surface area (Å²) in [6.45, 7) is 6.06. The average molecular weight is 378 g/mol. The second-order valence-electron chi connectivity index (χ2n) is 6.28. The van der Waals surface area contributed by atoms with Crippen molar-refractivity contribution >= 4 is 35.0 Å². The monoisotopic (exact) mass is 377 g/mol. The van der Waals surface area contributed by atoms with E-state index in [1.807, 2.05) is 13.0 Å². The number of carbonyl (C=O) groups is 1. The Kier molecular flexibility index (Phi) is 6.63. The molecule has 0 saturated heterocycles. The predicted octanol–water partition coefficient (Wildman–Crippen LogP) is 3.82. The number of benzene rings is 1. The zero-order valence-corrected chi connectivity index (χ0v) is 15.9. The van der Waals surface area contributed by atoms with Gasteiger partial charge in [0.25, 0.3) is 0 Å². The number of aryl methyl sites for hydroxylation is 1. The van der Waals surface area contributed by atoms with Gasteiger partial charge in [0.1, 0.15) is 5.75 Å². The Labute approximate surface area is 158 Å². The van der Waals surface area contributed by atoms with Crippen LogP contribution in [0.1, 0.15) is 43.7 Å². The van der Waals surface area contributed by atoms with Crippen molar-refractivity contribution in [3.05, 3.63) is 29.5 Å². The lowest BCUT2D eigenvalue weighted by atomic mass is 9.98. The molecule has 2 rings (SSSR count). The van der Waals surface area contributed by atoms with Crippen molar-refractivity contribution in [2.45, 2.75) is 39.5 Å². The summed E-state index contributed by atoms with van der Waals surface area (Å²) in [5, 5.41) is 2.90. The smallest absolute Gasteiger partial charge is 0.224 e. The highest BCUT2D eigenvalue weighted by molar-refractivity contribution is 6.18. The minimum absolute atomic E-state index is 0.0788. The number of nitrogens with one attached hydrogen (secondary N) is 1. The number of nitrogens with zero attached hydrogens (tertiary/aromatic N) is 2. The van der Waals surface area contributed by atoms with Crippen molar-refractivity contribution in [1.82, 2.24) is 9.97 Å². The maximum absolute atomic E-state index is 12.0. The van der Waals surface area contributed by atoms with Crippen molar-refractivity contribution < 1.29 is 9.53 Å². The third kappa shape index (κ3) is 4.98. The standard InChI is InChI=1S/C18H24ClN5O2/c1-10(2)12-7-11(3)13(23-16(25)5-4-6-19)8-14(12)26-15-9-22-18(21)24-17(15)20/h7-10H,4-6H2,1-3H3,(H,23,25)(H4,20,21,22,24). The van der Waals surface area contributed by atoms with E-state index in [2.05, 4.69) is 29.1 Å². The Morgan fingerprint density at radius 2 is 2.04 bits per heavy atom. The molecule has 0 radical (unpaired) electrons. The van der Waals surface area contributed by atoms with Crippen LogP contribution in [-0.4, -0.2) is 21.8 Å². The van der Waals surface area contributed by atoms with Gasteiger partial charge in [-0.25, -0.2) is 4.98 Å². The highest BCUT2D eigenvalue weighted by Gasteiger charge is 2.16. The molecule has 0 bridgehead atoms. The van der Waals surface area contributed by atoms with Gasteiger partial charge in [-0.05, 0) is 30.4 Å². The van der Waals surface area contributed by atoms with Crippen molar-refractivity contribution in [3.8, 4) is 11.5 Å². The van der Waals surface area contributed by atoms with E-state index in [4.69, 9.17) is 27.8 Å². The van der Waals surface area contributed by atoms with Gasteiger partial charge in [-0.3, -0.25) is 4.79 Å². The van der Waals surface area contributed by atoms with Gasteiger partial charge in [-0.1, -0.05) is 19.9 Å². The molecule has 1 amide bonds. The van der Waals surface area contributed by atoms with E-state index in [0.29, 0.717) is 35.9 Å². The first-order valence-electron chi connectivity index (χ1n) is 8.38. The second-order valence-corrected chi connectivity index (χ2v) is 6.66.